The van der Waals surface area contributed by atoms with Crippen LogP contribution in [-0.2, 0) is 11.3 Å². The molecule has 0 saturated heterocycles. The molecule has 1 heterocycles. The summed E-state index contributed by atoms with van der Waals surface area (Å²) in [4.78, 5) is 15.7. The number of imidazole rings is 1. The highest BCUT2D eigenvalue weighted by Crippen LogP contribution is 2.19. The lowest BCUT2D eigenvalue weighted by Crippen LogP contribution is -2.33. The third kappa shape index (κ3) is 5.11. The summed E-state index contributed by atoms with van der Waals surface area (Å²) in [5, 5.41) is 2.73. The summed E-state index contributed by atoms with van der Waals surface area (Å²) in [5.74, 6) is 0.0721. The molecule has 0 aliphatic heterocycles. The van der Waals surface area contributed by atoms with E-state index in [1.807, 2.05) is 25.3 Å². The van der Waals surface area contributed by atoms with Gasteiger partial charge in [-0.15, -0.1) is 0 Å². The summed E-state index contributed by atoms with van der Waals surface area (Å²) in [6.07, 6.45) is 2.27. The molecular formula is C17H25FN4O2. The molecule has 132 valence electrons. The zero-order valence-electron chi connectivity index (χ0n) is 14.4. The van der Waals surface area contributed by atoms with E-state index in [1.54, 1.807) is 6.07 Å². The second-order valence-electron chi connectivity index (χ2n) is 6.74. The molecule has 0 fully saturated rings. The number of alkyl carbamates (subject to hydrolysis) is 1. The predicted molar refractivity (Wildman–Crippen MR) is 92.2 cm³/mol. The van der Waals surface area contributed by atoms with Gasteiger partial charge in [0.05, 0.1) is 11.0 Å². The molecule has 1 amide bonds. The summed E-state index contributed by atoms with van der Waals surface area (Å²) in [6.45, 7) is 6.77. The van der Waals surface area contributed by atoms with Gasteiger partial charge in [0, 0.05) is 19.2 Å². The number of nitrogens with zero attached hydrogens (tertiary/aromatic N) is 2. The van der Waals surface area contributed by atoms with E-state index in [0.29, 0.717) is 24.6 Å². The van der Waals surface area contributed by atoms with Crippen molar-refractivity contribution in [2.24, 2.45) is 0 Å². The van der Waals surface area contributed by atoms with Crippen LogP contribution in [-0.4, -0.2) is 27.8 Å². The first-order chi connectivity index (χ1) is 11.3. The highest BCUT2D eigenvalue weighted by Gasteiger charge is 2.15. The van der Waals surface area contributed by atoms with Crippen molar-refractivity contribution >= 4 is 23.1 Å². The lowest BCUT2D eigenvalue weighted by molar-refractivity contribution is 0.0527. The number of hydrogen-bond donors (Lipinski definition) is 2. The standard InChI is InChI=1S/C17H25FN4O2/c1-17(2,3)24-16(23)20-9-5-4-6-10-22-14-8-7-12(18)11-13(14)21-15(22)19/h7-8,11H,4-6,9-10H2,1-3H3,(H2,19,21)(H,20,23). The van der Waals surface area contributed by atoms with Crippen LogP contribution in [0.2, 0.25) is 0 Å². The van der Waals surface area contributed by atoms with Gasteiger partial charge in [0.15, 0.2) is 0 Å². The van der Waals surface area contributed by atoms with E-state index in [0.717, 1.165) is 24.8 Å². The van der Waals surface area contributed by atoms with E-state index in [-0.39, 0.29) is 5.82 Å². The van der Waals surface area contributed by atoms with Gasteiger partial charge < -0.3 is 20.4 Å². The van der Waals surface area contributed by atoms with Crippen molar-refractivity contribution in [1.29, 1.82) is 0 Å². The Hall–Kier alpha value is -2.31. The average molecular weight is 336 g/mol. The van der Waals surface area contributed by atoms with Crippen LogP contribution in [0.1, 0.15) is 40.0 Å². The average Bonchev–Trinajstić information content (AvgIpc) is 2.75. The minimum atomic E-state index is -0.483. The molecule has 0 unspecified atom stereocenters. The number of nitrogens with one attached hydrogen (secondary N) is 1. The number of fused-ring (bicyclic) bond motifs is 1. The topological polar surface area (TPSA) is 82.2 Å². The Bertz CT molecular complexity index is 706. The number of carbonyl (C=O) groups is 1. The van der Waals surface area contributed by atoms with Gasteiger partial charge in [-0.2, -0.15) is 0 Å². The summed E-state index contributed by atoms with van der Waals surface area (Å²) in [5.41, 5.74) is 6.82. The molecule has 0 aliphatic carbocycles. The Morgan fingerprint density at radius 3 is 2.79 bits per heavy atom. The fourth-order valence-electron chi connectivity index (χ4n) is 2.43. The molecule has 2 rings (SSSR count). The molecule has 6 nitrogen and oxygen atoms in total. The van der Waals surface area contributed by atoms with E-state index in [2.05, 4.69) is 10.3 Å². The van der Waals surface area contributed by atoms with Gasteiger partial charge in [-0.25, -0.2) is 14.2 Å². The molecule has 0 atom stereocenters. The van der Waals surface area contributed by atoms with Gasteiger partial charge in [-0.3, -0.25) is 0 Å². The minimum absolute atomic E-state index is 0.319. The Kier molecular flexibility index (Phi) is 5.64. The van der Waals surface area contributed by atoms with Crippen molar-refractivity contribution in [1.82, 2.24) is 14.9 Å². The van der Waals surface area contributed by atoms with E-state index in [9.17, 15) is 9.18 Å². The molecule has 0 bridgehead atoms. The minimum Gasteiger partial charge on any atom is -0.444 e. The number of aryl methyl sites for hydroxylation is 1. The Morgan fingerprint density at radius 2 is 2.08 bits per heavy atom. The maximum absolute atomic E-state index is 13.2. The van der Waals surface area contributed by atoms with E-state index in [1.165, 1.54) is 12.1 Å². The lowest BCUT2D eigenvalue weighted by atomic mass is 10.2. The van der Waals surface area contributed by atoms with Crippen LogP contribution in [0.3, 0.4) is 0 Å². The Balaban J connectivity index is 1.73. The number of halogens is 1. The molecule has 24 heavy (non-hydrogen) atoms. The fourth-order valence-corrected chi connectivity index (χ4v) is 2.43. The van der Waals surface area contributed by atoms with E-state index in [4.69, 9.17) is 10.5 Å². The van der Waals surface area contributed by atoms with Gasteiger partial charge >= 0.3 is 6.09 Å². The van der Waals surface area contributed by atoms with Crippen molar-refractivity contribution in [2.45, 2.75) is 52.2 Å². The number of benzene rings is 1. The first kappa shape index (κ1) is 18.0. The monoisotopic (exact) mass is 336 g/mol. The third-order valence-corrected chi connectivity index (χ3v) is 3.47. The summed E-state index contributed by atoms with van der Waals surface area (Å²) < 4.78 is 20.3. The van der Waals surface area contributed by atoms with Gasteiger partial charge in [-0.1, -0.05) is 0 Å². The van der Waals surface area contributed by atoms with Crippen molar-refractivity contribution in [3.05, 3.63) is 24.0 Å². The normalized spacial score (nSPS) is 11.7. The van der Waals surface area contributed by atoms with Crippen LogP contribution >= 0.6 is 0 Å². The Labute approximate surface area is 141 Å². The number of nitrogens with two attached hydrogens (primary N) is 1. The molecule has 1 aromatic carbocycles. The second kappa shape index (κ2) is 7.51. The molecule has 1 aromatic heterocycles. The molecule has 0 radical (unpaired) electrons. The molecule has 2 aromatic rings. The number of aromatic nitrogens is 2. The number of anilines is 1. The van der Waals surface area contributed by atoms with Crippen molar-refractivity contribution in [3.8, 4) is 0 Å². The number of carbonyl (C=O) groups excluding carboxylic acids is 1. The van der Waals surface area contributed by atoms with Crippen LogP contribution in [0.5, 0.6) is 0 Å². The van der Waals surface area contributed by atoms with Gasteiger partial charge in [-0.05, 0) is 52.2 Å². The number of nitrogen functional groups attached to an aromatic ring is 1. The van der Waals surface area contributed by atoms with E-state index < -0.39 is 11.7 Å². The number of unbranched alkanes of at least 4 members (excludes halogenated alkanes) is 2. The highest BCUT2D eigenvalue weighted by molar-refractivity contribution is 5.78. The molecule has 0 saturated carbocycles. The van der Waals surface area contributed by atoms with Gasteiger partial charge in [0.1, 0.15) is 11.4 Å². The number of hydrogen-bond acceptors (Lipinski definition) is 4. The van der Waals surface area contributed by atoms with Crippen LogP contribution in [0, 0.1) is 5.82 Å². The third-order valence-electron chi connectivity index (χ3n) is 3.47. The summed E-state index contributed by atoms with van der Waals surface area (Å²) >= 11 is 0. The zero-order valence-corrected chi connectivity index (χ0v) is 14.4. The van der Waals surface area contributed by atoms with Crippen molar-refractivity contribution in [3.63, 3.8) is 0 Å². The van der Waals surface area contributed by atoms with Gasteiger partial charge in [0.25, 0.3) is 0 Å². The number of rotatable bonds is 6. The van der Waals surface area contributed by atoms with Crippen LogP contribution < -0.4 is 11.1 Å². The maximum atomic E-state index is 13.2. The molecule has 0 aliphatic rings. The van der Waals surface area contributed by atoms with Crippen LogP contribution in [0.4, 0.5) is 15.1 Å². The van der Waals surface area contributed by atoms with Crippen molar-refractivity contribution in [2.75, 3.05) is 12.3 Å². The van der Waals surface area contributed by atoms with Crippen LogP contribution in [0.25, 0.3) is 11.0 Å². The largest absolute Gasteiger partial charge is 0.444 e. The smallest absolute Gasteiger partial charge is 0.407 e. The number of ether oxygens (including phenoxy) is 1. The maximum Gasteiger partial charge on any atom is 0.407 e. The predicted octanol–water partition coefficient (Wildman–Crippen LogP) is 3.45. The van der Waals surface area contributed by atoms with E-state index >= 15 is 0 Å². The molecule has 0 spiro atoms. The second-order valence-corrected chi connectivity index (χ2v) is 6.74. The van der Waals surface area contributed by atoms with Crippen LogP contribution in [0.15, 0.2) is 18.2 Å². The summed E-state index contributed by atoms with van der Waals surface area (Å²) in [6, 6.07) is 4.48. The lowest BCUT2D eigenvalue weighted by Gasteiger charge is -2.19. The van der Waals surface area contributed by atoms with Crippen molar-refractivity contribution < 1.29 is 13.9 Å². The highest BCUT2D eigenvalue weighted by atomic mass is 19.1. The van der Waals surface area contributed by atoms with Gasteiger partial charge in [0.2, 0.25) is 5.95 Å². The number of amides is 1. The molecular weight excluding hydrogens is 311 g/mol. The fraction of sp³-hybridized carbons (Fsp3) is 0.529. The summed E-state index contributed by atoms with van der Waals surface area (Å²) in [7, 11) is 0. The quantitative estimate of drug-likeness (QED) is 0.792. The molecule has 3 N–H and O–H groups in total. The Morgan fingerprint density at radius 1 is 1.33 bits per heavy atom. The zero-order chi connectivity index (χ0) is 17.7. The first-order valence-corrected chi connectivity index (χ1v) is 8.14. The SMILES string of the molecule is CC(C)(C)OC(=O)NCCCCCn1c(N)nc2cc(F)ccc21. The molecule has 7 heteroatoms. The first-order valence-electron chi connectivity index (χ1n) is 8.14.